The lowest BCUT2D eigenvalue weighted by Gasteiger charge is -2.07. The van der Waals surface area contributed by atoms with Gasteiger partial charge in [0.05, 0.1) is 5.69 Å². The Morgan fingerprint density at radius 1 is 1.24 bits per heavy atom. The van der Waals surface area contributed by atoms with E-state index in [1.807, 2.05) is 13.0 Å². The number of amides is 1. The highest BCUT2D eigenvalue weighted by Crippen LogP contribution is 2.38. The molecule has 0 aliphatic heterocycles. The van der Waals surface area contributed by atoms with Crippen molar-refractivity contribution in [2.75, 3.05) is 11.1 Å². The van der Waals surface area contributed by atoms with E-state index in [9.17, 15) is 18.0 Å². The summed E-state index contributed by atoms with van der Waals surface area (Å²) in [6, 6.07) is 8.12. The van der Waals surface area contributed by atoms with Crippen LogP contribution < -0.4 is 11.1 Å². The molecule has 0 fully saturated rings. The van der Waals surface area contributed by atoms with Crippen molar-refractivity contribution in [1.82, 2.24) is 4.98 Å². The number of nitrogens with zero attached hydrogens (tertiary/aromatic N) is 1. The van der Waals surface area contributed by atoms with Gasteiger partial charge in [-0.2, -0.15) is 13.2 Å². The molecule has 0 saturated heterocycles. The van der Waals surface area contributed by atoms with Crippen LogP contribution in [-0.2, 0) is 6.18 Å². The molecule has 25 heavy (non-hydrogen) atoms. The molecule has 0 atom stereocenters. The molecule has 0 spiro atoms. The number of thiophene rings is 1. The predicted octanol–water partition coefficient (Wildman–Crippen LogP) is 4.77. The summed E-state index contributed by atoms with van der Waals surface area (Å²) in [6.07, 6.45) is -4.55. The van der Waals surface area contributed by atoms with Gasteiger partial charge in [0.15, 0.2) is 0 Å². The molecule has 4 nitrogen and oxygen atoms in total. The summed E-state index contributed by atoms with van der Waals surface area (Å²) < 4.78 is 38.8. The maximum atomic E-state index is 12.9. The minimum absolute atomic E-state index is 0.0965. The van der Waals surface area contributed by atoms with Gasteiger partial charge in [-0.05, 0) is 43.2 Å². The predicted molar refractivity (Wildman–Crippen MR) is 92.9 cm³/mol. The van der Waals surface area contributed by atoms with Crippen molar-refractivity contribution < 1.29 is 18.0 Å². The SMILES string of the molecule is Cc1cccc(NC(=O)c2sc3nc(C(F)(F)F)cc(C)c3c2N)c1. The van der Waals surface area contributed by atoms with Crippen molar-refractivity contribution in [3.63, 3.8) is 0 Å². The third kappa shape index (κ3) is 3.30. The Morgan fingerprint density at radius 3 is 2.60 bits per heavy atom. The summed E-state index contributed by atoms with van der Waals surface area (Å²) in [5.41, 5.74) is 7.04. The number of hydrogen-bond acceptors (Lipinski definition) is 4. The largest absolute Gasteiger partial charge is 0.433 e. The molecule has 0 radical (unpaired) electrons. The van der Waals surface area contributed by atoms with Crippen LogP contribution in [0.1, 0.15) is 26.5 Å². The van der Waals surface area contributed by atoms with E-state index < -0.39 is 17.8 Å². The summed E-state index contributed by atoms with van der Waals surface area (Å²) in [7, 11) is 0. The van der Waals surface area contributed by atoms with Gasteiger partial charge in [-0.25, -0.2) is 4.98 Å². The fourth-order valence-corrected chi connectivity index (χ4v) is 3.60. The van der Waals surface area contributed by atoms with Crippen LogP contribution in [0.3, 0.4) is 0 Å². The van der Waals surface area contributed by atoms with Gasteiger partial charge < -0.3 is 11.1 Å². The van der Waals surface area contributed by atoms with Crippen molar-refractivity contribution >= 4 is 38.8 Å². The topological polar surface area (TPSA) is 68.0 Å². The molecule has 0 unspecified atom stereocenters. The molecule has 3 N–H and O–H groups in total. The van der Waals surface area contributed by atoms with Crippen LogP contribution in [0.2, 0.25) is 0 Å². The molecule has 0 aliphatic carbocycles. The number of pyridine rings is 1. The van der Waals surface area contributed by atoms with E-state index in [0.717, 1.165) is 23.0 Å². The number of fused-ring (bicyclic) bond motifs is 1. The Kier molecular flexibility index (Phi) is 4.16. The van der Waals surface area contributed by atoms with Gasteiger partial charge in [0, 0.05) is 11.1 Å². The fourth-order valence-electron chi connectivity index (χ4n) is 2.53. The summed E-state index contributed by atoms with van der Waals surface area (Å²) in [5.74, 6) is -0.473. The number of aryl methyl sites for hydroxylation is 2. The number of carbonyl (C=O) groups is 1. The lowest BCUT2D eigenvalue weighted by molar-refractivity contribution is -0.141. The average molecular weight is 365 g/mol. The minimum Gasteiger partial charge on any atom is -0.397 e. The third-order valence-corrected chi connectivity index (χ3v) is 4.77. The van der Waals surface area contributed by atoms with Gasteiger partial charge in [-0.1, -0.05) is 12.1 Å². The fraction of sp³-hybridized carbons (Fsp3) is 0.176. The molecule has 1 amide bonds. The van der Waals surface area contributed by atoms with Crippen molar-refractivity contribution in [3.05, 3.63) is 52.0 Å². The highest BCUT2D eigenvalue weighted by Gasteiger charge is 2.34. The molecule has 3 rings (SSSR count). The van der Waals surface area contributed by atoms with Crippen LogP contribution >= 0.6 is 11.3 Å². The number of benzene rings is 1. The molecule has 1 aromatic carbocycles. The molecule has 2 aromatic heterocycles. The average Bonchev–Trinajstić information content (AvgIpc) is 2.84. The Hall–Kier alpha value is -2.61. The first-order valence-electron chi connectivity index (χ1n) is 7.31. The molecule has 2 heterocycles. The van der Waals surface area contributed by atoms with E-state index in [1.165, 1.54) is 6.92 Å². The zero-order chi connectivity index (χ0) is 18.4. The first-order chi connectivity index (χ1) is 11.7. The number of rotatable bonds is 2. The quantitative estimate of drug-likeness (QED) is 0.688. The van der Waals surface area contributed by atoms with Gasteiger partial charge in [0.25, 0.3) is 5.91 Å². The lowest BCUT2D eigenvalue weighted by atomic mass is 10.1. The number of nitrogen functional groups attached to an aromatic ring is 1. The number of nitrogens with two attached hydrogens (primary N) is 1. The van der Waals surface area contributed by atoms with Crippen molar-refractivity contribution in [1.29, 1.82) is 0 Å². The second-order valence-electron chi connectivity index (χ2n) is 5.67. The molecule has 0 saturated carbocycles. The van der Waals surface area contributed by atoms with Gasteiger partial charge >= 0.3 is 6.18 Å². The summed E-state index contributed by atoms with van der Waals surface area (Å²) >= 11 is 0.852. The lowest BCUT2D eigenvalue weighted by Crippen LogP contribution is -2.12. The van der Waals surface area contributed by atoms with Gasteiger partial charge in [-0.3, -0.25) is 4.79 Å². The van der Waals surface area contributed by atoms with E-state index >= 15 is 0 Å². The number of anilines is 2. The normalized spacial score (nSPS) is 11.7. The molecule has 8 heteroatoms. The number of halogens is 3. The van der Waals surface area contributed by atoms with Crippen molar-refractivity contribution in [2.24, 2.45) is 0 Å². The van der Waals surface area contributed by atoms with Crippen LogP contribution in [0.5, 0.6) is 0 Å². The van der Waals surface area contributed by atoms with E-state index in [-0.39, 0.29) is 15.4 Å². The van der Waals surface area contributed by atoms with E-state index in [2.05, 4.69) is 10.3 Å². The minimum atomic E-state index is -4.55. The van der Waals surface area contributed by atoms with Crippen LogP contribution in [0.25, 0.3) is 10.2 Å². The number of aromatic nitrogens is 1. The van der Waals surface area contributed by atoms with Crippen LogP contribution in [-0.4, -0.2) is 10.9 Å². The number of carbonyl (C=O) groups excluding carboxylic acids is 1. The summed E-state index contributed by atoms with van der Waals surface area (Å²) in [6.45, 7) is 3.40. The Morgan fingerprint density at radius 2 is 1.96 bits per heavy atom. The first kappa shape index (κ1) is 17.2. The Bertz CT molecular complexity index is 979. The molecule has 0 aliphatic rings. The van der Waals surface area contributed by atoms with Gasteiger partial charge in [0.2, 0.25) is 0 Å². The molecular weight excluding hydrogens is 351 g/mol. The monoisotopic (exact) mass is 365 g/mol. The van der Waals surface area contributed by atoms with Crippen LogP contribution in [0, 0.1) is 13.8 Å². The number of hydrogen-bond donors (Lipinski definition) is 2. The second kappa shape index (κ2) is 6.03. The Labute approximate surface area is 145 Å². The smallest absolute Gasteiger partial charge is 0.397 e. The van der Waals surface area contributed by atoms with E-state index in [0.29, 0.717) is 16.6 Å². The number of alkyl halides is 3. The standard InChI is InChI=1S/C17H14F3N3OS/c1-8-4-3-5-10(6-8)22-15(24)14-13(21)12-9(2)7-11(17(18,19)20)23-16(12)25-14/h3-7H,21H2,1-2H3,(H,22,24). The van der Waals surface area contributed by atoms with E-state index in [1.54, 1.807) is 18.2 Å². The summed E-state index contributed by atoms with van der Waals surface area (Å²) in [4.78, 5) is 16.3. The molecule has 3 aromatic rings. The van der Waals surface area contributed by atoms with Crippen molar-refractivity contribution in [3.8, 4) is 0 Å². The van der Waals surface area contributed by atoms with Crippen LogP contribution in [0.15, 0.2) is 30.3 Å². The first-order valence-corrected chi connectivity index (χ1v) is 8.13. The van der Waals surface area contributed by atoms with Gasteiger partial charge in [-0.15, -0.1) is 11.3 Å². The summed E-state index contributed by atoms with van der Waals surface area (Å²) in [5, 5.41) is 3.09. The van der Waals surface area contributed by atoms with Gasteiger partial charge in [0.1, 0.15) is 15.4 Å². The van der Waals surface area contributed by atoms with Crippen molar-refractivity contribution in [2.45, 2.75) is 20.0 Å². The zero-order valence-electron chi connectivity index (χ0n) is 13.4. The Balaban J connectivity index is 2.03. The maximum Gasteiger partial charge on any atom is 0.433 e. The van der Waals surface area contributed by atoms with Crippen LogP contribution in [0.4, 0.5) is 24.5 Å². The molecule has 0 bridgehead atoms. The third-order valence-electron chi connectivity index (χ3n) is 3.67. The highest BCUT2D eigenvalue weighted by atomic mass is 32.1. The van der Waals surface area contributed by atoms with E-state index in [4.69, 9.17) is 5.73 Å². The maximum absolute atomic E-state index is 12.9. The second-order valence-corrected chi connectivity index (χ2v) is 6.67. The molecular formula is C17H14F3N3OS. The zero-order valence-corrected chi connectivity index (χ0v) is 14.2. The highest BCUT2D eigenvalue weighted by molar-refractivity contribution is 7.21. The number of nitrogens with one attached hydrogen (secondary N) is 1. The molecule has 130 valence electrons.